The Labute approximate surface area is 161 Å². The molecule has 2 rings (SSSR count). The Morgan fingerprint density at radius 2 is 1.04 bits per heavy atom. The molecule has 0 aliphatic carbocycles. The molecule has 0 fully saturated rings. The molecule has 0 saturated carbocycles. The highest BCUT2D eigenvalue weighted by atomic mass is 32.1. The van der Waals surface area contributed by atoms with Crippen LogP contribution in [0.4, 0.5) is 0 Å². The van der Waals surface area contributed by atoms with Crippen LogP contribution in [0.15, 0.2) is 0 Å². The number of hydrogen-bond acceptors (Lipinski definition) is 8. The van der Waals surface area contributed by atoms with E-state index in [2.05, 4.69) is 9.97 Å². The largest absolute Gasteiger partial charge is 0.456 e. The predicted octanol–water partition coefficient (Wildman–Crippen LogP) is 4.79. The smallest absolute Gasteiger partial charge is 0.350 e. The third-order valence-corrected chi connectivity index (χ3v) is 5.36. The van der Waals surface area contributed by atoms with Gasteiger partial charge in [-0.2, -0.15) is 0 Å². The van der Waals surface area contributed by atoms with Crippen LogP contribution < -0.4 is 0 Å². The van der Waals surface area contributed by atoms with E-state index in [0.717, 1.165) is 0 Å². The lowest BCUT2D eigenvalue weighted by molar-refractivity contribution is 0.00613. The molecule has 8 heteroatoms. The summed E-state index contributed by atoms with van der Waals surface area (Å²) < 4.78 is 10.8. The van der Waals surface area contributed by atoms with Gasteiger partial charge in [-0.15, -0.1) is 22.7 Å². The Balaban J connectivity index is 2.31. The average Bonchev–Trinajstić information content (AvgIpc) is 2.98. The summed E-state index contributed by atoms with van der Waals surface area (Å²) >= 11 is 2.44. The van der Waals surface area contributed by atoms with E-state index >= 15 is 0 Å². The zero-order valence-electron chi connectivity index (χ0n) is 16.3. The third kappa shape index (κ3) is 5.11. The maximum absolute atomic E-state index is 12.3. The molecule has 26 heavy (non-hydrogen) atoms. The fraction of sp³-hybridized carbons (Fsp3) is 0.556. The molecule has 2 heterocycles. The van der Waals surface area contributed by atoms with E-state index < -0.39 is 23.1 Å². The molecule has 0 spiro atoms. The summed E-state index contributed by atoms with van der Waals surface area (Å²) in [6.45, 7) is 14.4. The van der Waals surface area contributed by atoms with Crippen molar-refractivity contribution in [3.05, 3.63) is 21.1 Å². The lowest BCUT2D eigenvalue weighted by atomic mass is 10.2. The summed E-state index contributed by atoms with van der Waals surface area (Å²) in [7, 11) is 0. The van der Waals surface area contributed by atoms with Crippen LogP contribution in [0.2, 0.25) is 0 Å². The summed E-state index contributed by atoms with van der Waals surface area (Å²) in [6, 6.07) is 0. The Hall–Kier alpha value is -1.80. The van der Waals surface area contributed by atoms with Crippen molar-refractivity contribution in [3.8, 4) is 10.0 Å². The van der Waals surface area contributed by atoms with Gasteiger partial charge in [-0.25, -0.2) is 19.6 Å². The van der Waals surface area contributed by atoms with E-state index in [1.165, 1.54) is 22.7 Å². The molecule has 0 aliphatic heterocycles. The molecule has 0 bridgehead atoms. The number of carbonyl (C=O) groups is 2. The lowest BCUT2D eigenvalue weighted by Crippen LogP contribution is -2.23. The zero-order chi connectivity index (χ0) is 19.9. The minimum Gasteiger partial charge on any atom is -0.456 e. The highest BCUT2D eigenvalue weighted by molar-refractivity contribution is 7.23. The van der Waals surface area contributed by atoms with Gasteiger partial charge in [0.25, 0.3) is 0 Å². The van der Waals surface area contributed by atoms with Crippen LogP contribution in [-0.4, -0.2) is 33.1 Å². The first-order valence-electron chi connectivity index (χ1n) is 8.19. The number of thiazole rings is 2. The van der Waals surface area contributed by atoms with Gasteiger partial charge in [0.1, 0.15) is 21.0 Å². The summed E-state index contributed by atoms with van der Waals surface area (Å²) in [5, 5.41) is 1.18. The van der Waals surface area contributed by atoms with Gasteiger partial charge in [-0.1, -0.05) is 0 Å². The van der Waals surface area contributed by atoms with E-state index in [-0.39, 0.29) is 0 Å². The van der Waals surface area contributed by atoms with Crippen LogP contribution in [0, 0.1) is 13.8 Å². The number of rotatable bonds is 3. The van der Waals surface area contributed by atoms with Crippen molar-refractivity contribution in [1.82, 2.24) is 9.97 Å². The van der Waals surface area contributed by atoms with Gasteiger partial charge in [0.05, 0.1) is 11.4 Å². The lowest BCUT2D eigenvalue weighted by Gasteiger charge is -2.18. The molecular weight excluding hydrogens is 372 g/mol. The highest BCUT2D eigenvalue weighted by Gasteiger charge is 2.26. The van der Waals surface area contributed by atoms with Gasteiger partial charge in [0.15, 0.2) is 10.0 Å². The second-order valence-electron chi connectivity index (χ2n) is 7.87. The predicted molar refractivity (Wildman–Crippen MR) is 103 cm³/mol. The van der Waals surface area contributed by atoms with Gasteiger partial charge >= 0.3 is 11.9 Å². The second-order valence-corrected chi connectivity index (χ2v) is 9.87. The molecule has 0 unspecified atom stereocenters. The quantitative estimate of drug-likeness (QED) is 0.694. The van der Waals surface area contributed by atoms with Crippen molar-refractivity contribution < 1.29 is 19.1 Å². The molecule has 2 aromatic heterocycles. The normalized spacial score (nSPS) is 12.2. The first kappa shape index (κ1) is 20.5. The van der Waals surface area contributed by atoms with Crippen molar-refractivity contribution in [1.29, 1.82) is 0 Å². The SMILES string of the molecule is Cc1nc(-c2nc(C)c(C(=O)OC(C)(C)C)s2)sc1C(=O)OC(C)(C)C. The van der Waals surface area contributed by atoms with Gasteiger partial charge in [-0.3, -0.25) is 0 Å². The van der Waals surface area contributed by atoms with Gasteiger partial charge < -0.3 is 9.47 Å². The molecule has 2 aromatic rings. The van der Waals surface area contributed by atoms with Crippen LogP contribution in [0.25, 0.3) is 10.0 Å². The van der Waals surface area contributed by atoms with Crippen molar-refractivity contribution in [2.24, 2.45) is 0 Å². The Bertz CT molecular complexity index is 768. The van der Waals surface area contributed by atoms with Crippen molar-refractivity contribution in [2.75, 3.05) is 0 Å². The van der Waals surface area contributed by atoms with Gasteiger partial charge in [0, 0.05) is 0 Å². The van der Waals surface area contributed by atoms with E-state index in [4.69, 9.17) is 9.47 Å². The molecule has 0 aliphatic rings. The molecule has 142 valence electrons. The Morgan fingerprint density at radius 1 is 0.731 bits per heavy atom. The fourth-order valence-corrected chi connectivity index (χ4v) is 3.91. The van der Waals surface area contributed by atoms with Crippen LogP contribution in [0.5, 0.6) is 0 Å². The van der Waals surface area contributed by atoms with Crippen LogP contribution in [-0.2, 0) is 9.47 Å². The highest BCUT2D eigenvalue weighted by Crippen LogP contribution is 2.34. The molecule has 0 atom stereocenters. The molecule has 0 radical (unpaired) electrons. The minimum atomic E-state index is -0.574. The number of hydrogen-bond donors (Lipinski definition) is 0. The monoisotopic (exact) mass is 396 g/mol. The molecule has 0 amide bonds. The third-order valence-electron chi connectivity index (χ3n) is 2.94. The molecule has 0 saturated heterocycles. The van der Waals surface area contributed by atoms with E-state index in [1.807, 2.05) is 41.5 Å². The number of aryl methyl sites for hydroxylation is 2. The van der Waals surface area contributed by atoms with Crippen molar-refractivity contribution in [2.45, 2.75) is 66.6 Å². The number of ether oxygens (including phenoxy) is 2. The average molecular weight is 397 g/mol. The van der Waals surface area contributed by atoms with E-state index in [1.54, 1.807) is 13.8 Å². The van der Waals surface area contributed by atoms with Crippen LogP contribution in [0.3, 0.4) is 0 Å². The Morgan fingerprint density at radius 3 is 1.31 bits per heavy atom. The summed E-state index contributed by atoms with van der Waals surface area (Å²) in [6.07, 6.45) is 0. The van der Waals surface area contributed by atoms with Gasteiger partial charge in [0.2, 0.25) is 0 Å². The number of esters is 2. The molecular formula is C18H24N2O4S2. The first-order valence-corrected chi connectivity index (χ1v) is 9.82. The fourth-order valence-electron chi connectivity index (χ4n) is 2.00. The standard InChI is InChI=1S/C18H24N2O4S2/c1-9-11(15(21)23-17(3,4)5)25-13(19-9)14-20-10(2)12(26-14)16(22)24-18(6,7)8/h1-8H3. The van der Waals surface area contributed by atoms with Crippen molar-refractivity contribution >= 4 is 34.6 Å². The van der Waals surface area contributed by atoms with E-state index in [0.29, 0.717) is 31.2 Å². The molecule has 0 N–H and O–H groups in total. The number of aromatic nitrogens is 2. The molecule has 0 aromatic carbocycles. The van der Waals surface area contributed by atoms with Gasteiger partial charge in [-0.05, 0) is 55.4 Å². The number of nitrogens with zero attached hydrogens (tertiary/aromatic N) is 2. The maximum atomic E-state index is 12.3. The number of carbonyl (C=O) groups excluding carboxylic acids is 2. The van der Waals surface area contributed by atoms with E-state index in [9.17, 15) is 9.59 Å². The first-order chi connectivity index (χ1) is 11.8. The minimum absolute atomic E-state index is 0.403. The second kappa shape index (κ2) is 7.08. The van der Waals surface area contributed by atoms with Crippen LogP contribution in [0.1, 0.15) is 72.3 Å². The van der Waals surface area contributed by atoms with Crippen molar-refractivity contribution in [3.63, 3.8) is 0 Å². The Kier molecular flexibility index (Phi) is 5.58. The zero-order valence-corrected chi connectivity index (χ0v) is 18.0. The molecule has 6 nitrogen and oxygen atoms in total. The topological polar surface area (TPSA) is 78.4 Å². The summed E-state index contributed by atoms with van der Waals surface area (Å²) in [4.78, 5) is 34.4. The summed E-state index contributed by atoms with van der Waals surface area (Å²) in [5.74, 6) is -0.807. The summed E-state index contributed by atoms with van der Waals surface area (Å²) in [5.41, 5.74) is 0.0295. The van der Waals surface area contributed by atoms with Crippen LogP contribution >= 0.6 is 22.7 Å². The maximum Gasteiger partial charge on any atom is 0.350 e.